The van der Waals surface area contributed by atoms with Crippen molar-refractivity contribution in [2.24, 2.45) is 0 Å². The SMILES string of the molecule is COc1nccnc1C(=O)CC(F)(F)F. The Labute approximate surface area is 83.1 Å². The van der Waals surface area contributed by atoms with Crippen LogP contribution in [0, 0.1) is 0 Å². The van der Waals surface area contributed by atoms with E-state index in [1.54, 1.807) is 0 Å². The molecule has 4 nitrogen and oxygen atoms in total. The summed E-state index contributed by atoms with van der Waals surface area (Å²) in [5, 5.41) is 0. The van der Waals surface area contributed by atoms with Crippen molar-refractivity contribution >= 4 is 5.78 Å². The standard InChI is InChI=1S/C8H7F3N2O2/c1-15-7-6(12-2-3-13-7)5(14)4-8(9,10)11/h2-3H,4H2,1H3. The van der Waals surface area contributed by atoms with Crippen LogP contribution in [0.3, 0.4) is 0 Å². The Hall–Kier alpha value is -1.66. The van der Waals surface area contributed by atoms with Crippen LogP contribution < -0.4 is 4.74 Å². The summed E-state index contributed by atoms with van der Waals surface area (Å²) in [7, 11) is 1.20. The van der Waals surface area contributed by atoms with Crippen LogP contribution in [0.1, 0.15) is 16.9 Å². The van der Waals surface area contributed by atoms with Gasteiger partial charge in [0.25, 0.3) is 0 Å². The zero-order valence-electron chi connectivity index (χ0n) is 7.71. The molecule has 0 spiro atoms. The number of nitrogens with zero attached hydrogens (tertiary/aromatic N) is 2. The van der Waals surface area contributed by atoms with E-state index in [0.29, 0.717) is 0 Å². The van der Waals surface area contributed by atoms with E-state index in [4.69, 9.17) is 0 Å². The van der Waals surface area contributed by atoms with Gasteiger partial charge in [-0.3, -0.25) is 4.79 Å². The molecule has 0 aliphatic carbocycles. The van der Waals surface area contributed by atoms with Crippen molar-refractivity contribution in [2.45, 2.75) is 12.6 Å². The Morgan fingerprint density at radius 3 is 2.53 bits per heavy atom. The summed E-state index contributed by atoms with van der Waals surface area (Å²) >= 11 is 0. The number of methoxy groups -OCH3 is 1. The Bertz CT molecular complexity index is 365. The van der Waals surface area contributed by atoms with Crippen molar-refractivity contribution in [3.05, 3.63) is 18.1 Å². The summed E-state index contributed by atoms with van der Waals surface area (Å²) in [6, 6.07) is 0. The van der Waals surface area contributed by atoms with Crippen LogP contribution in [-0.2, 0) is 0 Å². The third kappa shape index (κ3) is 3.19. The lowest BCUT2D eigenvalue weighted by Crippen LogP contribution is -2.17. The quantitative estimate of drug-likeness (QED) is 0.726. The maximum absolute atomic E-state index is 11.9. The molecule has 0 saturated carbocycles. The number of aromatic nitrogens is 2. The second kappa shape index (κ2) is 4.24. The minimum absolute atomic E-state index is 0.202. The minimum Gasteiger partial charge on any atom is -0.479 e. The minimum atomic E-state index is -4.56. The van der Waals surface area contributed by atoms with Gasteiger partial charge in [0.15, 0.2) is 11.5 Å². The number of hydrogen-bond donors (Lipinski definition) is 0. The zero-order valence-corrected chi connectivity index (χ0v) is 7.71. The fourth-order valence-electron chi connectivity index (χ4n) is 0.932. The summed E-state index contributed by atoms with van der Waals surface area (Å²) in [5.41, 5.74) is -0.405. The normalized spacial score (nSPS) is 11.2. The number of carbonyl (C=O) groups is 1. The second-order valence-corrected chi connectivity index (χ2v) is 2.63. The largest absolute Gasteiger partial charge is 0.479 e. The molecule has 0 bridgehead atoms. The number of ether oxygens (including phenoxy) is 1. The molecule has 0 aliphatic heterocycles. The first kappa shape index (κ1) is 11.4. The van der Waals surface area contributed by atoms with Crippen molar-refractivity contribution in [1.82, 2.24) is 9.97 Å². The molecular weight excluding hydrogens is 213 g/mol. The fraction of sp³-hybridized carbons (Fsp3) is 0.375. The molecule has 1 aromatic rings. The highest BCUT2D eigenvalue weighted by atomic mass is 19.4. The third-order valence-corrected chi connectivity index (χ3v) is 1.48. The van der Waals surface area contributed by atoms with Crippen LogP contribution in [0.2, 0.25) is 0 Å². The predicted octanol–water partition coefficient (Wildman–Crippen LogP) is 1.62. The van der Waals surface area contributed by atoms with E-state index >= 15 is 0 Å². The third-order valence-electron chi connectivity index (χ3n) is 1.48. The molecule has 0 saturated heterocycles. The number of hydrogen-bond acceptors (Lipinski definition) is 4. The second-order valence-electron chi connectivity index (χ2n) is 2.63. The summed E-state index contributed by atoms with van der Waals surface area (Å²) in [6.45, 7) is 0. The molecule has 0 aromatic carbocycles. The molecule has 82 valence electrons. The molecule has 0 amide bonds. The molecule has 0 radical (unpaired) electrons. The molecule has 7 heteroatoms. The van der Waals surface area contributed by atoms with E-state index in [9.17, 15) is 18.0 Å². The molecular formula is C8H7F3N2O2. The lowest BCUT2D eigenvalue weighted by atomic mass is 10.2. The molecule has 0 unspecified atom stereocenters. The summed E-state index contributed by atoms with van der Waals surface area (Å²) < 4.78 is 40.4. The van der Waals surface area contributed by atoms with Crippen LogP contribution in [0.15, 0.2) is 12.4 Å². The summed E-state index contributed by atoms with van der Waals surface area (Å²) in [4.78, 5) is 18.2. The van der Waals surface area contributed by atoms with Crippen LogP contribution in [0.4, 0.5) is 13.2 Å². The predicted molar refractivity (Wildman–Crippen MR) is 43.6 cm³/mol. The highest BCUT2D eigenvalue weighted by Crippen LogP contribution is 2.23. The van der Waals surface area contributed by atoms with Gasteiger partial charge in [-0.05, 0) is 0 Å². The van der Waals surface area contributed by atoms with Gasteiger partial charge in [0.05, 0.1) is 7.11 Å². The maximum Gasteiger partial charge on any atom is 0.396 e. The average Bonchev–Trinajstić information content (AvgIpc) is 2.15. The summed E-state index contributed by atoms with van der Waals surface area (Å²) in [6.07, 6.45) is -3.77. The lowest BCUT2D eigenvalue weighted by Gasteiger charge is -2.06. The molecule has 0 N–H and O–H groups in total. The van der Waals surface area contributed by atoms with Crippen LogP contribution in [-0.4, -0.2) is 29.0 Å². The Morgan fingerprint density at radius 2 is 2.00 bits per heavy atom. The van der Waals surface area contributed by atoms with E-state index in [1.165, 1.54) is 13.3 Å². The van der Waals surface area contributed by atoms with E-state index in [1.807, 2.05) is 0 Å². The van der Waals surface area contributed by atoms with E-state index in [2.05, 4.69) is 14.7 Å². The first-order valence-electron chi connectivity index (χ1n) is 3.89. The molecule has 0 aliphatic rings. The van der Waals surface area contributed by atoms with Crippen LogP contribution in [0.5, 0.6) is 5.88 Å². The van der Waals surface area contributed by atoms with Crippen molar-refractivity contribution in [1.29, 1.82) is 0 Å². The highest BCUT2D eigenvalue weighted by Gasteiger charge is 2.33. The fourth-order valence-corrected chi connectivity index (χ4v) is 0.932. The van der Waals surface area contributed by atoms with Crippen molar-refractivity contribution in [2.75, 3.05) is 7.11 Å². The van der Waals surface area contributed by atoms with Gasteiger partial charge in [-0.2, -0.15) is 13.2 Å². The van der Waals surface area contributed by atoms with Gasteiger partial charge in [-0.25, -0.2) is 9.97 Å². The van der Waals surface area contributed by atoms with Gasteiger partial charge in [0.1, 0.15) is 6.42 Å². The lowest BCUT2D eigenvalue weighted by molar-refractivity contribution is -0.125. The van der Waals surface area contributed by atoms with E-state index in [0.717, 1.165) is 6.20 Å². The number of rotatable bonds is 3. The van der Waals surface area contributed by atoms with Crippen LogP contribution in [0.25, 0.3) is 0 Å². The molecule has 1 aromatic heterocycles. The number of alkyl halides is 3. The van der Waals surface area contributed by atoms with Gasteiger partial charge >= 0.3 is 6.18 Å². The monoisotopic (exact) mass is 220 g/mol. The van der Waals surface area contributed by atoms with Gasteiger partial charge < -0.3 is 4.74 Å². The Morgan fingerprint density at radius 1 is 1.40 bits per heavy atom. The topological polar surface area (TPSA) is 52.1 Å². The smallest absolute Gasteiger partial charge is 0.396 e. The number of carbonyl (C=O) groups excluding carboxylic acids is 1. The Kier molecular flexibility index (Phi) is 3.23. The highest BCUT2D eigenvalue weighted by molar-refractivity contribution is 5.96. The number of ketones is 1. The molecule has 1 heterocycles. The van der Waals surface area contributed by atoms with Crippen molar-refractivity contribution in [3.63, 3.8) is 0 Å². The number of halogens is 3. The van der Waals surface area contributed by atoms with Crippen molar-refractivity contribution in [3.8, 4) is 5.88 Å². The van der Waals surface area contributed by atoms with Crippen molar-refractivity contribution < 1.29 is 22.7 Å². The van der Waals surface area contributed by atoms with Gasteiger partial charge in [0, 0.05) is 12.4 Å². The van der Waals surface area contributed by atoms with Crippen LogP contribution >= 0.6 is 0 Å². The van der Waals surface area contributed by atoms with E-state index in [-0.39, 0.29) is 5.88 Å². The molecule has 0 fully saturated rings. The van der Waals surface area contributed by atoms with Gasteiger partial charge in [0.2, 0.25) is 5.88 Å². The Balaban J connectivity index is 2.91. The first-order valence-corrected chi connectivity index (χ1v) is 3.89. The molecule has 0 atom stereocenters. The van der Waals surface area contributed by atoms with Gasteiger partial charge in [-0.1, -0.05) is 0 Å². The van der Waals surface area contributed by atoms with E-state index < -0.39 is 24.1 Å². The first-order chi connectivity index (χ1) is 6.94. The molecule has 1 rings (SSSR count). The maximum atomic E-state index is 11.9. The van der Waals surface area contributed by atoms with Gasteiger partial charge in [-0.15, -0.1) is 0 Å². The average molecular weight is 220 g/mol. The number of Topliss-reactive ketones (excluding diaryl/α,β-unsaturated/α-hetero) is 1. The zero-order chi connectivity index (χ0) is 11.5. The summed E-state index contributed by atoms with van der Waals surface area (Å²) in [5.74, 6) is -1.36. The molecule has 15 heavy (non-hydrogen) atoms.